The molecule has 0 atom stereocenters. The van der Waals surface area contributed by atoms with Crippen molar-refractivity contribution in [2.75, 3.05) is 18.9 Å². The molecule has 1 rings (SSSR count). The molecule has 0 heterocycles. The second kappa shape index (κ2) is 5.42. The SMILES string of the molecule is Nc1cccc(C(=O)NCC(F)(F)CO)c1Br. The standard InChI is InChI=1S/C10H11BrF2N2O2/c11-8-6(2-1-3-7(8)14)9(17)15-4-10(12,13)5-16/h1-3,16H,4-5,14H2,(H,15,17). The van der Waals surface area contributed by atoms with Crippen LogP contribution in [0.1, 0.15) is 10.4 Å². The Labute approximate surface area is 105 Å². The molecule has 0 saturated heterocycles. The number of amides is 1. The summed E-state index contributed by atoms with van der Waals surface area (Å²) in [7, 11) is 0. The van der Waals surface area contributed by atoms with Gasteiger partial charge in [0, 0.05) is 5.69 Å². The number of anilines is 1. The van der Waals surface area contributed by atoms with Crippen LogP contribution in [-0.4, -0.2) is 30.1 Å². The molecule has 4 nitrogen and oxygen atoms in total. The molecule has 0 aliphatic rings. The molecule has 0 unspecified atom stereocenters. The predicted octanol–water partition coefficient (Wildman–Crippen LogP) is 1.39. The summed E-state index contributed by atoms with van der Waals surface area (Å²) < 4.78 is 25.8. The number of nitrogen functional groups attached to an aromatic ring is 1. The van der Waals surface area contributed by atoms with Crippen molar-refractivity contribution in [3.05, 3.63) is 28.2 Å². The first-order valence-electron chi connectivity index (χ1n) is 4.68. The number of halogens is 3. The molecule has 4 N–H and O–H groups in total. The minimum Gasteiger partial charge on any atom is -0.398 e. The zero-order valence-electron chi connectivity index (χ0n) is 8.71. The lowest BCUT2D eigenvalue weighted by Crippen LogP contribution is -2.39. The first kappa shape index (κ1) is 13.9. The molecule has 0 aliphatic carbocycles. The number of aliphatic hydroxyl groups excluding tert-OH is 1. The zero-order chi connectivity index (χ0) is 13.1. The molecule has 0 radical (unpaired) electrons. The lowest BCUT2D eigenvalue weighted by atomic mass is 10.2. The maximum atomic E-state index is 12.7. The van der Waals surface area contributed by atoms with E-state index in [9.17, 15) is 13.6 Å². The number of hydrogen-bond acceptors (Lipinski definition) is 3. The highest BCUT2D eigenvalue weighted by Crippen LogP contribution is 2.23. The predicted molar refractivity (Wildman–Crippen MR) is 62.9 cm³/mol. The van der Waals surface area contributed by atoms with Crippen molar-refractivity contribution in [3.8, 4) is 0 Å². The summed E-state index contributed by atoms with van der Waals surface area (Å²) in [5.41, 5.74) is 6.06. The van der Waals surface area contributed by atoms with Crippen molar-refractivity contribution >= 4 is 27.5 Å². The van der Waals surface area contributed by atoms with Crippen LogP contribution in [0.3, 0.4) is 0 Å². The second-order valence-corrected chi connectivity index (χ2v) is 4.20. The third-order valence-corrected chi connectivity index (χ3v) is 2.90. The first-order valence-corrected chi connectivity index (χ1v) is 5.47. The average molecular weight is 309 g/mol. The van der Waals surface area contributed by atoms with E-state index in [0.29, 0.717) is 10.2 Å². The quantitative estimate of drug-likeness (QED) is 0.736. The van der Waals surface area contributed by atoms with Gasteiger partial charge in [-0.2, -0.15) is 0 Å². The molecule has 94 valence electrons. The van der Waals surface area contributed by atoms with Gasteiger partial charge in [-0.15, -0.1) is 0 Å². The van der Waals surface area contributed by atoms with Crippen molar-refractivity contribution in [2.45, 2.75) is 5.92 Å². The van der Waals surface area contributed by atoms with Crippen LogP contribution in [0, 0.1) is 0 Å². The maximum absolute atomic E-state index is 12.7. The van der Waals surface area contributed by atoms with E-state index in [1.807, 2.05) is 5.32 Å². The van der Waals surface area contributed by atoms with E-state index in [-0.39, 0.29) is 5.56 Å². The Bertz CT molecular complexity index is 427. The molecule has 0 aliphatic heterocycles. The van der Waals surface area contributed by atoms with Gasteiger partial charge in [0.05, 0.1) is 16.6 Å². The van der Waals surface area contributed by atoms with Crippen molar-refractivity contribution in [2.24, 2.45) is 0 Å². The monoisotopic (exact) mass is 308 g/mol. The highest BCUT2D eigenvalue weighted by molar-refractivity contribution is 9.10. The molecule has 0 bridgehead atoms. The van der Waals surface area contributed by atoms with Gasteiger partial charge in [0.25, 0.3) is 11.8 Å². The second-order valence-electron chi connectivity index (χ2n) is 3.41. The van der Waals surface area contributed by atoms with Crippen LogP contribution in [0.4, 0.5) is 14.5 Å². The topological polar surface area (TPSA) is 75.4 Å². The number of aliphatic hydroxyl groups is 1. The number of benzene rings is 1. The summed E-state index contributed by atoms with van der Waals surface area (Å²) in [6, 6.07) is 4.56. The van der Waals surface area contributed by atoms with Crippen LogP contribution in [0.25, 0.3) is 0 Å². The fourth-order valence-electron chi connectivity index (χ4n) is 1.09. The molecule has 0 aromatic heterocycles. The third kappa shape index (κ3) is 3.64. The highest BCUT2D eigenvalue weighted by atomic mass is 79.9. The van der Waals surface area contributed by atoms with Gasteiger partial charge < -0.3 is 16.2 Å². The van der Waals surface area contributed by atoms with Crippen molar-refractivity contribution < 1.29 is 18.7 Å². The Morgan fingerprint density at radius 1 is 1.53 bits per heavy atom. The summed E-state index contributed by atoms with van der Waals surface area (Å²) >= 11 is 3.10. The summed E-state index contributed by atoms with van der Waals surface area (Å²) in [5.74, 6) is -4.01. The number of carbonyl (C=O) groups is 1. The number of carbonyl (C=O) groups excluding carboxylic acids is 1. The number of nitrogens with one attached hydrogen (secondary N) is 1. The molecule has 0 fully saturated rings. The van der Waals surface area contributed by atoms with E-state index >= 15 is 0 Å². The van der Waals surface area contributed by atoms with Gasteiger partial charge >= 0.3 is 0 Å². The Balaban J connectivity index is 2.74. The van der Waals surface area contributed by atoms with E-state index in [2.05, 4.69) is 15.9 Å². The normalized spacial score (nSPS) is 11.3. The number of nitrogens with two attached hydrogens (primary N) is 1. The van der Waals surface area contributed by atoms with Gasteiger partial charge in [-0.25, -0.2) is 8.78 Å². The van der Waals surface area contributed by atoms with Crippen LogP contribution in [-0.2, 0) is 0 Å². The van der Waals surface area contributed by atoms with Crippen LogP contribution >= 0.6 is 15.9 Å². The fourth-order valence-corrected chi connectivity index (χ4v) is 1.53. The van der Waals surface area contributed by atoms with Gasteiger partial charge in [-0.05, 0) is 28.1 Å². The molecule has 1 aromatic carbocycles. The molecule has 1 aromatic rings. The molecule has 0 saturated carbocycles. The van der Waals surface area contributed by atoms with E-state index in [1.54, 1.807) is 12.1 Å². The number of hydrogen-bond donors (Lipinski definition) is 3. The van der Waals surface area contributed by atoms with E-state index in [1.165, 1.54) is 6.07 Å². The third-order valence-electron chi connectivity index (χ3n) is 2.01. The Morgan fingerprint density at radius 3 is 2.76 bits per heavy atom. The van der Waals surface area contributed by atoms with Crippen LogP contribution in [0.15, 0.2) is 22.7 Å². The van der Waals surface area contributed by atoms with Gasteiger partial charge in [-0.3, -0.25) is 4.79 Å². The van der Waals surface area contributed by atoms with E-state index in [4.69, 9.17) is 10.8 Å². The Kier molecular flexibility index (Phi) is 4.41. The summed E-state index contributed by atoms with van der Waals surface area (Å²) in [6.45, 7) is -2.24. The molecule has 0 spiro atoms. The van der Waals surface area contributed by atoms with Crippen molar-refractivity contribution in [3.63, 3.8) is 0 Å². The Hall–Kier alpha value is -1.21. The number of alkyl halides is 2. The lowest BCUT2D eigenvalue weighted by Gasteiger charge is -2.14. The van der Waals surface area contributed by atoms with E-state index < -0.39 is 25.0 Å². The summed E-state index contributed by atoms with van der Waals surface area (Å²) in [6.07, 6.45) is 0. The van der Waals surface area contributed by atoms with Crippen LogP contribution in [0.2, 0.25) is 0 Å². The molecule has 7 heteroatoms. The highest BCUT2D eigenvalue weighted by Gasteiger charge is 2.28. The average Bonchev–Trinajstić information content (AvgIpc) is 2.30. The number of rotatable bonds is 4. The van der Waals surface area contributed by atoms with Crippen LogP contribution in [0.5, 0.6) is 0 Å². The van der Waals surface area contributed by atoms with Gasteiger partial charge in [0.1, 0.15) is 6.61 Å². The van der Waals surface area contributed by atoms with Crippen LogP contribution < -0.4 is 11.1 Å². The van der Waals surface area contributed by atoms with Crippen molar-refractivity contribution in [1.82, 2.24) is 5.32 Å². The minimum absolute atomic E-state index is 0.165. The maximum Gasteiger partial charge on any atom is 0.287 e. The fraction of sp³-hybridized carbons (Fsp3) is 0.300. The molecular weight excluding hydrogens is 298 g/mol. The smallest absolute Gasteiger partial charge is 0.287 e. The lowest BCUT2D eigenvalue weighted by molar-refractivity contribution is -0.0462. The van der Waals surface area contributed by atoms with Gasteiger partial charge in [0.15, 0.2) is 0 Å². The summed E-state index contributed by atoms with van der Waals surface area (Å²) in [4.78, 5) is 11.6. The van der Waals surface area contributed by atoms with E-state index in [0.717, 1.165) is 0 Å². The van der Waals surface area contributed by atoms with Crippen molar-refractivity contribution in [1.29, 1.82) is 0 Å². The molecule has 17 heavy (non-hydrogen) atoms. The molecular formula is C10H11BrF2N2O2. The Morgan fingerprint density at radius 2 is 2.18 bits per heavy atom. The van der Waals surface area contributed by atoms with Gasteiger partial charge in [-0.1, -0.05) is 6.07 Å². The molecule has 1 amide bonds. The zero-order valence-corrected chi connectivity index (χ0v) is 10.3. The largest absolute Gasteiger partial charge is 0.398 e. The van der Waals surface area contributed by atoms with Gasteiger partial charge in [0.2, 0.25) is 0 Å². The summed E-state index contributed by atoms with van der Waals surface area (Å²) in [5, 5.41) is 10.4. The minimum atomic E-state index is -3.33. The first-order chi connectivity index (χ1) is 7.87.